The molecule has 2 aromatic rings. The van der Waals surface area contributed by atoms with Gasteiger partial charge in [-0.1, -0.05) is 35.5 Å². The van der Waals surface area contributed by atoms with Crippen LogP contribution in [-0.4, -0.2) is 52.2 Å². The first-order valence-electron chi connectivity index (χ1n) is 13.4. The molecule has 2 aromatic carbocycles. The molecule has 0 aliphatic carbocycles. The van der Waals surface area contributed by atoms with E-state index in [1.54, 1.807) is 59.8 Å². The number of hydrogen-bond donors (Lipinski definition) is 3. The molecule has 0 radical (unpaired) electrons. The predicted molar refractivity (Wildman–Crippen MR) is 162 cm³/mol. The van der Waals surface area contributed by atoms with E-state index in [0.29, 0.717) is 41.5 Å². The number of ether oxygens (including phenoxy) is 3. The molecule has 10 heteroatoms. The summed E-state index contributed by atoms with van der Waals surface area (Å²) >= 11 is 7.91. The number of aromatic hydroxyl groups is 1. The van der Waals surface area contributed by atoms with Gasteiger partial charge >= 0.3 is 12.1 Å². The van der Waals surface area contributed by atoms with Crippen molar-refractivity contribution in [2.75, 3.05) is 13.2 Å². The minimum atomic E-state index is -0.972. The molecule has 0 unspecified atom stereocenters. The molecule has 1 amide bonds. The van der Waals surface area contributed by atoms with Crippen molar-refractivity contribution >= 4 is 35.4 Å². The Morgan fingerprint density at radius 1 is 1.07 bits per heavy atom. The van der Waals surface area contributed by atoms with Crippen LogP contribution in [0, 0.1) is 0 Å². The highest BCUT2D eigenvalue weighted by molar-refractivity contribution is 7.99. The monoisotopic (exact) mass is 607 g/mol. The van der Waals surface area contributed by atoms with Crippen molar-refractivity contribution in [3.63, 3.8) is 0 Å². The smallest absolute Gasteiger partial charge is 0.408 e. The molecule has 0 spiro atoms. The maximum absolute atomic E-state index is 13.0. The first-order valence-corrected chi connectivity index (χ1v) is 14.6. The van der Waals surface area contributed by atoms with Gasteiger partial charge in [0.25, 0.3) is 0 Å². The second-order valence-electron chi connectivity index (χ2n) is 11.7. The van der Waals surface area contributed by atoms with Crippen LogP contribution in [0.3, 0.4) is 0 Å². The summed E-state index contributed by atoms with van der Waals surface area (Å²) in [5.41, 5.74) is -1.55. The van der Waals surface area contributed by atoms with Gasteiger partial charge in [-0.05, 0) is 91.5 Å². The Morgan fingerprint density at radius 3 is 2.27 bits per heavy atom. The maximum atomic E-state index is 13.0. The number of alkyl carbamates (subject to hydrolysis) is 1. The van der Waals surface area contributed by atoms with Gasteiger partial charge in [0.05, 0.1) is 18.8 Å². The second kappa shape index (κ2) is 14.3. The van der Waals surface area contributed by atoms with E-state index >= 15 is 0 Å². The Labute approximate surface area is 252 Å². The number of aliphatic hydroxyl groups excluding tert-OH is 1. The second-order valence-corrected chi connectivity index (χ2v) is 13.2. The summed E-state index contributed by atoms with van der Waals surface area (Å²) in [6.45, 7) is 16.3. The molecule has 0 bridgehead atoms. The summed E-state index contributed by atoms with van der Waals surface area (Å²) in [6, 6.07) is 8.55. The average molecular weight is 608 g/mol. The van der Waals surface area contributed by atoms with Crippen molar-refractivity contribution < 1.29 is 34.0 Å². The third-order valence-corrected chi connectivity index (χ3v) is 7.08. The van der Waals surface area contributed by atoms with Crippen LogP contribution in [0.1, 0.15) is 77.2 Å². The van der Waals surface area contributed by atoms with Crippen molar-refractivity contribution in [2.24, 2.45) is 0 Å². The van der Waals surface area contributed by atoms with Crippen LogP contribution in [-0.2, 0) is 15.9 Å². The van der Waals surface area contributed by atoms with E-state index in [1.807, 2.05) is 19.1 Å². The minimum absolute atomic E-state index is 0.0407. The molecule has 41 heavy (non-hydrogen) atoms. The number of aryl methyl sites for hydroxylation is 1. The van der Waals surface area contributed by atoms with Crippen molar-refractivity contribution in [1.29, 1.82) is 0 Å². The number of rotatable bonds is 12. The number of phenolic OH excluding ortho intramolecular Hbond substituents is 1. The highest BCUT2D eigenvalue weighted by atomic mass is 35.5. The number of halogens is 1. The number of benzene rings is 2. The molecule has 0 saturated carbocycles. The highest BCUT2D eigenvalue weighted by Crippen LogP contribution is 2.40. The fraction of sp³-hybridized carbons (Fsp3) is 0.484. The normalized spacial score (nSPS) is 13.2. The average Bonchev–Trinajstić information content (AvgIpc) is 2.81. The molecule has 0 fully saturated rings. The van der Waals surface area contributed by atoms with Crippen LogP contribution >= 0.6 is 23.4 Å². The van der Waals surface area contributed by atoms with Gasteiger partial charge in [0, 0.05) is 20.9 Å². The predicted octanol–water partition coefficient (Wildman–Crippen LogP) is 7.32. The summed E-state index contributed by atoms with van der Waals surface area (Å²) in [4.78, 5) is 26.6. The van der Waals surface area contributed by atoms with Gasteiger partial charge in [-0.2, -0.15) is 0 Å². The Morgan fingerprint density at radius 2 is 1.73 bits per heavy atom. The Kier molecular flexibility index (Phi) is 12.0. The molecule has 226 valence electrons. The SMILES string of the molecule is C=CC[C@@](CO)(CCc1ccc(Sc2cc(OCC)cc(O)c2C(=O)OC(C)(C)C)cc1Cl)NC(=O)OC(C)(C)C. The molecule has 0 aliphatic heterocycles. The summed E-state index contributed by atoms with van der Waals surface area (Å²) in [6.07, 6.45) is 2.19. The first kappa shape index (κ1) is 34.3. The number of amides is 1. The zero-order valence-electron chi connectivity index (χ0n) is 24.9. The van der Waals surface area contributed by atoms with E-state index in [0.717, 1.165) is 10.5 Å². The van der Waals surface area contributed by atoms with Gasteiger partial charge in [-0.15, -0.1) is 6.58 Å². The number of hydrogen-bond acceptors (Lipinski definition) is 8. The van der Waals surface area contributed by atoms with Crippen molar-refractivity contribution in [1.82, 2.24) is 5.32 Å². The molecule has 0 aliphatic rings. The van der Waals surface area contributed by atoms with Gasteiger partial charge in [0.2, 0.25) is 0 Å². The topological polar surface area (TPSA) is 114 Å². The van der Waals surface area contributed by atoms with E-state index in [2.05, 4.69) is 11.9 Å². The molecule has 0 saturated heterocycles. The van der Waals surface area contributed by atoms with Crippen LogP contribution in [0.25, 0.3) is 0 Å². The molecule has 8 nitrogen and oxygen atoms in total. The van der Waals surface area contributed by atoms with Crippen molar-refractivity contribution in [3.05, 3.63) is 59.1 Å². The summed E-state index contributed by atoms with van der Waals surface area (Å²) in [5, 5.41) is 24.2. The van der Waals surface area contributed by atoms with Crippen LogP contribution in [0.2, 0.25) is 5.02 Å². The molecular formula is C31H42ClNO7S. The standard InChI is InChI=1S/C31H42ClNO7S/c1-9-14-31(19-34,33-28(37)40-30(6,7)8)15-13-20-11-12-22(18-23(20)32)41-25-17-21(38-10-2)16-24(35)26(25)27(36)39-29(3,4)5/h9,11-12,16-18,34-35H,1,10,13-15,19H2,2-8H3,(H,33,37)/t31-/m0/s1. The lowest BCUT2D eigenvalue weighted by Crippen LogP contribution is -2.52. The minimum Gasteiger partial charge on any atom is -0.507 e. The number of phenols is 1. The van der Waals surface area contributed by atoms with Gasteiger partial charge in [-0.3, -0.25) is 0 Å². The van der Waals surface area contributed by atoms with E-state index in [9.17, 15) is 19.8 Å². The van der Waals surface area contributed by atoms with Gasteiger partial charge in [0.15, 0.2) is 0 Å². The molecule has 2 rings (SSSR count). The van der Waals surface area contributed by atoms with Gasteiger partial charge < -0.3 is 29.7 Å². The Bertz CT molecular complexity index is 1240. The van der Waals surface area contributed by atoms with E-state index < -0.39 is 28.8 Å². The molecule has 0 heterocycles. The number of nitrogens with one attached hydrogen (secondary N) is 1. The van der Waals surface area contributed by atoms with Crippen molar-refractivity contribution in [3.8, 4) is 11.5 Å². The van der Waals surface area contributed by atoms with E-state index in [4.69, 9.17) is 25.8 Å². The summed E-state index contributed by atoms with van der Waals surface area (Å²) < 4.78 is 16.5. The number of aliphatic hydroxyl groups is 1. The first-order chi connectivity index (χ1) is 19.0. The third kappa shape index (κ3) is 10.8. The zero-order valence-corrected chi connectivity index (χ0v) is 26.5. The fourth-order valence-corrected chi connectivity index (χ4v) is 5.30. The van der Waals surface area contributed by atoms with Crippen LogP contribution in [0.5, 0.6) is 11.5 Å². The molecule has 1 atom stereocenters. The maximum Gasteiger partial charge on any atom is 0.408 e. The van der Waals surface area contributed by atoms with Gasteiger partial charge in [0.1, 0.15) is 28.3 Å². The number of carbonyl (C=O) groups is 2. The lowest BCUT2D eigenvalue weighted by molar-refractivity contribution is 0.00622. The molecule has 0 aromatic heterocycles. The summed E-state index contributed by atoms with van der Waals surface area (Å²) in [5.74, 6) is -0.471. The summed E-state index contributed by atoms with van der Waals surface area (Å²) in [7, 11) is 0. The Hall–Kier alpha value is -2.88. The van der Waals surface area contributed by atoms with Crippen LogP contribution < -0.4 is 10.1 Å². The largest absolute Gasteiger partial charge is 0.507 e. The number of esters is 1. The quantitative estimate of drug-likeness (QED) is 0.170. The third-order valence-electron chi connectivity index (χ3n) is 5.70. The van der Waals surface area contributed by atoms with E-state index in [-0.39, 0.29) is 17.9 Å². The van der Waals surface area contributed by atoms with E-state index in [1.165, 1.54) is 17.8 Å². The van der Waals surface area contributed by atoms with Crippen molar-refractivity contribution in [2.45, 2.75) is 94.3 Å². The Balaban J connectivity index is 2.31. The number of carbonyl (C=O) groups excluding carboxylic acids is 2. The molecule has 3 N–H and O–H groups in total. The lowest BCUT2D eigenvalue weighted by Gasteiger charge is -2.33. The van der Waals surface area contributed by atoms with Gasteiger partial charge in [-0.25, -0.2) is 9.59 Å². The highest BCUT2D eigenvalue weighted by Gasteiger charge is 2.32. The zero-order chi connectivity index (χ0) is 31.0. The fourth-order valence-electron chi connectivity index (χ4n) is 3.93. The molecular weight excluding hydrogens is 566 g/mol. The van der Waals surface area contributed by atoms with Crippen LogP contribution in [0.15, 0.2) is 52.8 Å². The lowest BCUT2D eigenvalue weighted by atomic mass is 9.88. The van der Waals surface area contributed by atoms with Crippen LogP contribution in [0.4, 0.5) is 4.79 Å².